The van der Waals surface area contributed by atoms with Gasteiger partial charge in [0, 0.05) is 5.02 Å². The summed E-state index contributed by atoms with van der Waals surface area (Å²) < 4.78 is 5.74. The van der Waals surface area contributed by atoms with Crippen molar-refractivity contribution in [2.24, 2.45) is 0 Å². The van der Waals surface area contributed by atoms with Crippen molar-refractivity contribution in [3.8, 4) is 5.75 Å². The number of carbonyl (C=O) groups is 1. The first-order valence-corrected chi connectivity index (χ1v) is 7.60. The molecular weight excluding hydrogens is 307 g/mol. The third kappa shape index (κ3) is 3.07. The Morgan fingerprint density at radius 3 is 2.71 bits per heavy atom. The zero-order valence-corrected chi connectivity index (χ0v) is 12.9. The largest absolute Gasteiger partial charge is 0.487 e. The normalized spacial score (nSPS) is 13.0. The van der Waals surface area contributed by atoms with Crippen LogP contribution in [0.4, 0.5) is 0 Å². The Bertz CT molecular complexity index is 695. The molecule has 4 heteroatoms. The van der Waals surface area contributed by atoms with Crippen molar-refractivity contribution in [2.75, 3.05) is 0 Å². The van der Waals surface area contributed by atoms with Crippen molar-refractivity contribution in [1.82, 2.24) is 0 Å². The molecule has 0 fully saturated rings. The van der Waals surface area contributed by atoms with E-state index in [1.54, 1.807) is 12.1 Å². The molecule has 0 amide bonds. The maximum atomic E-state index is 11.1. The van der Waals surface area contributed by atoms with Crippen LogP contribution in [0, 0.1) is 0 Å². The lowest BCUT2D eigenvalue weighted by Crippen LogP contribution is -2.00. The van der Waals surface area contributed by atoms with Gasteiger partial charge >= 0.3 is 0 Å². The number of halogens is 2. The molecule has 0 saturated heterocycles. The van der Waals surface area contributed by atoms with Crippen LogP contribution < -0.4 is 4.74 Å². The summed E-state index contributed by atoms with van der Waals surface area (Å²) in [5, 5.41) is 0.776. The maximum Gasteiger partial charge on any atom is 0.153 e. The van der Waals surface area contributed by atoms with Gasteiger partial charge in [0.15, 0.2) is 6.29 Å². The molecule has 0 bridgehead atoms. The number of hydrogen-bond donors (Lipinski definition) is 0. The van der Waals surface area contributed by atoms with E-state index < -0.39 is 0 Å². The lowest BCUT2D eigenvalue weighted by atomic mass is 10.1. The molecule has 0 spiro atoms. The summed E-state index contributed by atoms with van der Waals surface area (Å²) in [7, 11) is 0. The number of ether oxygens (including phenoxy) is 1. The number of hydrogen-bond acceptors (Lipinski definition) is 2. The molecule has 0 N–H and O–H groups in total. The number of carbonyl (C=O) groups excluding carboxylic acids is 1. The monoisotopic (exact) mass is 320 g/mol. The van der Waals surface area contributed by atoms with Crippen LogP contribution in [-0.4, -0.2) is 6.29 Å². The van der Waals surface area contributed by atoms with E-state index in [1.807, 2.05) is 0 Å². The van der Waals surface area contributed by atoms with Crippen LogP contribution in [0.1, 0.15) is 33.5 Å². The number of fused-ring (bicyclic) bond motifs is 1. The van der Waals surface area contributed by atoms with E-state index in [0.29, 0.717) is 34.3 Å². The summed E-state index contributed by atoms with van der Waals surface area (Å²) >= 11 is 12.0. The molecule has 3 rings (SSSR count). The summed E-state index contributed by atoms with van der Waals surface area (Å²) in [5.74, 6) is 0.386. The van der Waals surface area contributed by atoms with Crippen LogP contribution in [0.3, 0.4) is 0 Å². The van der Waals surface area contributed by atoms with Crippen LogP contribution >= 0.6 is 23.2 Å². The quantitative estimate of drug-likeness (QED) is 0.751. The highest BCUT2D eigenvalue weighted by Gasteiger charge is 2.13. The molecule has 0 radical (unpaired) electrons. The van der Waals surface area contributed by atoms with Gasteiger partial charge in [0.1, 0.15) is 12.4 Å². The minimum absolute atomic E-state index is 0.353. The highest BCUT2D eigenvalue weighted by atomic mass is 35.5. The molecule has 1 aliphatic rings. The predicted molar refractivity (Wildman–Crippen MR) is 84.6 cm³/mol. The maximum absolute atomic E-state index is 11.1. The van der Waals surface area contributed by atoms with Gasteiger partial charge in [-0.1, -0.05) is 41.4 Å². The molecule has 0 atom stereocenters. The smallest absolute Gasteiger partial charge is 0.153 e. The lowest BCUT2D eigenvalue weighted by Gasteiger charge is -2.11. The molecule has 2 aromatic rings. The first-order chi connectivity index (χ1) is 10.2. The fourth-order valence-corrected chi connectivity index (χ4v) is 3.25. The van der Waals surface area contributed by atoms with Gasteiger partial charge in [-0.25, -0.2) is 0 Å². The van der Waals surface area contributed by atoms with Crippen LogP contribution in [0.5, 0.6) is 5.75 Å². The van der Waals surface area contributed by atoms with E-state index in [1.165, 1.54) is 17.5 Å². The molecule has 2 nitrogen and oxygen atoms in total. The summed E-state index contributed by atoms with van der Waals surface area (Å²) in [6.07, 6.45) is 4.22. The van der Waals surface area contributed by atoms with E-state index in [4.69, 9.17) is 27.9 Å². The zero-order valence-electron chi connectivity index (χ0n) is 11.4. The van der Waals surface area contributed by atoms with Gasteiger partial charge in [-0.2, -0.15) is 0 Å². The minimum Gasteiger partial charge on any atom is -0.487 e. The van der Waals surface area contributed by atoms with Gasteiger partial charge in [0.05, 0.1) is 10.6 Å². The van der Waals surface area contributed by atoms with Crippen molar-refractivity contribution >= 4 is 29.5 Å². The first-order valence-electron chi connectivity index (χ1n) is 6.85. The second kappa shape index (κ2) is 6.08. The van der Waals surface area contributed by atoms with Gasteiger partial charge in [0.25, 0.3) is 0 Å². The van der Waals surface area contributed by atoms with Crippen molar-refractivity contribution in [1.29, 1.82) is 0 Å². The third-order valence-corrected chi connectivity index (χ3v) is 4.21. The van der Waals surface area contributed by atoms with Gasteiger partial charge < -0.3 is 4.74 Å². The summed E-state index contributed by atoms with van der Waals surface area (Å²) in [6.45, 7) is 0.384. The van der Waals surface area contributed by atoms with Gasteiger partial charge in [-0.15, -0.1) is 0 Å². The number of aldehydes is 1. The number of aryl methyl sites for hydroxylation is 2. The fourth-order valence-electron chi connectivity index (χ4n) is 2.69. The Morgan fingerprint density at radius 1 is 1.10 bits per heavy atom. The van der Waals surface area contributed by atoms with Crippen molar-refractivity contribution in [2.45, 2.75) is 25.9 Å². The highest BCUT2D eigenvalue weighted by Crippen LogP contribution is 2.32. The minimum atomic E-state index is 0.353. The molecule has 0 unspecified atom stereocenters. The van der Waals surface area contributed by atoms with Crippen LogP contribution in [0.25, 0.3) is 0 Å². The van der Waals surface area contributed by atoms with E-state index in [-0.39, 0.29) is 0 Å². The summed E-state index contributed by atoms with van der Waals surface area (Å²) in [4.78, 5) is 11.1. The number of benzene rings is 2. The van der Waals surface area contributed by atoms with Gasteiger partial charge in [0.2, 0.25) is 0 Å². The van der Waals surface area contributed by atoms with E-state index >= 15 is 0 Å². The van der Waals surface area contributed by atoms with E-state index in [2.05, 4.69) is 18.2 Å². The first kappa shape index (κ1) is 14.4. The van der Waals surface area contributed by atoms with E-state index in [0.717, 1.165) is 18.4 Å². The molecule has 108 valence electrons. The molecule has 0 aliphatic heterocycles. The predicted octanol–water partition coefficient (Wildman–Crippen LogP) is 4.87. The van der Waals surface area contributed by atoms with Gasteiger partial charge in [-0.3, -0.25) is 4.79 Å². The Kier molecular flexibility index (Phi) is 4.18. The zero-order chi connectivity index (χ0) is 14.8. The van der Waals surface area contributed by atoms with Crippen LogP contribution in [-0.2, 0) is 19.4 Å². The molecule has 0 saturated carbocycles. The molecule has 0 heterocycles. The Hall–Kier alpha value is -1.51. The van der Waals surface area contributed by atoms with Crippen LogP contribution in [0.15, 0.2) is 30.3 Å². The number of rotatable bonds is 4. The lowest BCUT2D eigenvalue weighted by molar-refractivity contribution is 0.111. The Labute approximate surface area is 133 Å². The molecular formula is C17H14Cl2O2. The highest BCUT2D eigenvalue weighted by molar-refractivity contribution is 6.36. The second-order valence-electron chi connectivity index (χ2n) is 5.17. The Morgan fingerprint density at radius 2 is 1.90 bits per heavy atom. The molecule has 2 aromatic carbocycles. The third-order valence-electron chi connectivity index (χ3n) is 3.71. The SMILES string of the molecule is O=Cc1cc(Cl)cc(Cl)c1OCc1ccc2c(c1)CCC2. The summed E-state index contributed by atoms with van der Waals surface area (Å²) in [6, 6.07) is 9.53. The van der Waals surface area contributed by atoms with Crippen molar-refractivity contribution in [3.63, 3.8) is 0 Å². The molecule has 0 aromatic heterocycles. The fraction of sp³-hybridized carbons (Fsp3) is 0.235. The molecule has 21 heavy (non-hydrogen) atoms. The average Bonchev–Trinajstić information content (AvgIpc) is 2.93. The average molecular weight is 321 g/mol. The van der Waals surface area contributed by atoms with Crippen molar-refractivity contribution < 1.29 is 9.53 Å². The second-order valence-corrected chi connectivity index (χ2v) is 6.01. The van der Waals surface area contributed by atoms with Gasteiger partial charge in [-0.05, 0) is 48.1 Å². The Balaban J connectivity index is 1.80. The van der Waals surface area contributed by atoms with Crippen LogP contribution in [0.2, 0.25) is 10.0 Å². The van der Waals surface area contributed by atoms with Crippen molar-refractivity contribution in [3.05, 3.63) is 62.6 Å². The topological polar surface area (TPSA) is 26.3 Å². The summed E-state index contributed by atoms with van der Waals surface area (Å²) in [5.41, 5.74) is 4.28. The van der Waals surface area contributed by atoms with E-state index in [9.17, 15) is 4.79 Å². The standard InChI is InChI=1S/C17H14Cl2O2/c18-15-7-14(9-20)17(16(19)8-15)21-10-11-4-5-12-2-1-3-13(12)6-11/h4-9H,1-3,10H2. The molecule has 1 aliphatic carbocycles.